The molecule has 6 nitrogen and oxygen atoms in total. The summed E-state index contributed by atoms with van der Waals surface area (Å²) < 4.78 is 11.1. The number of carbonyl (C=O) groups is 2. The number of nitrogens with one attached hydrogen (secondary N) is 1. The summed E-state index contributed by atoms with van der Waals surface area (Å²) >= 11 is 0. The van der Waals surface area contributed by atoms with Crippen LogP contribution in [-0.4, -0.2) is 25.5 Å². The van der Waals surface area contributed by atoms with Crippen molar-refractivity contribution in [3.8, 4) is 17.2 Å². The molecule has 0 atom stereocenters. The van der Waals surface area contributed by atoms with Gasteiger partial charge in [0.1, 0.15) is 5.75 Å². The van der Waals surface area contributed by atoms with Gasteiger partial charge in [-0.25, -0.2) is 0 Å². The topological polar surface area (TPSA) is 67.9 Å². The van der Waals surface area contributed by atoms with Crippen LogP contribution in [0, 0.1) is 0 Å². The van der Waals surface area contributed by atoms with Crippen molar-refractivity contribution in [3.05, 3.63) is 78.4 Å². The number of hydrogen-bond donors (Lipinski definition) is 1. The van der Waals surface area contributed by atoms with Gasteiger partial charge in [0.25, 0.3) is 5.91 Å². The number of ether oxygens (including phenoxy) is 2. The average Bonchev–Trinajstić information content (AvgIpc) is 3.21. The van der Waals surface area contributed by atoms with Gasteiger partial charge in [-0.05, 0) is 61.0 Å². The molecule has 6 heteroatoms. The molecule has 1 aliphatic heterocycles. The maximum absolute atomic E-state index is 12.7. The molecule has 3 aromatic rings. The second-order valence-corrected chi connectivity index (χ2v) is 6.93. The van der Waals surface area contributed by atoms with Gasteiger partial charge in [0.15, 0.2) is 11.5 Å². The van der Waals surface area contributed by atoms with Gasteiger partial charge in [-0.2, -0.15) is 0 Å². The maximum Gasteiger partial charge on any atom is 0.255 e. The van der Waals surface area contributed by atoms with E-state index in [-0.39, 0.29) is 11.8 Å². The zero-order valence-corrected chi connectivity index (χ0v) is 16.6. The highest BCUT2D eigenvalue weighted by atomic mass is 16.5. The van der Waals surface area contributed by atoms with Gasteiger partial charge in [-0.3, -0.25) is 9.59 Å². The van der Waals surface area contributed by atoms with E-state index in [4.69, 9.17) is 9.47 Å². The third-order valence-electron chi connectivity index (χ3n) is 4.90. The van der Waals surface area contributed by atoms with E-state index in [9.17, 15) is 9.59 Å². The molecule has 0 unspecified atom stereocenters. The van der Waals surface area contributed by atoms with Crippen LogP contribution < -0.4 is 19.7 Å². The molecule has 0 spiro atoms. The molecule has 1 aliphatic rings. The van der Waals surface area contributed by atoms with Crippen LogP contribution in [0.3, 0.4) is 0 Å². The molecule has 152 valence electrons. The van der Waals surface area contributed by atoms with Crippen molar-refractivity contribution in [3.63, 3.8) is 0 Å². The van der Waals surface area contributed by atoms with Crippen LogP contribution in [0.4, 0.5) is 11.4 Å². The molecule has 0 radical (unpaired) electrons. The van der Waals surface area contributed by atoms with Crippen molar-refractivity contribution in [2.75, 3.05) is 23.9 Å². The third-order valence-corrected chi connectivity index (χ3v) is 4.90. The molecule has 30 heavy (non-hydrogen) atoms. The van der Waals surface area contributed by atoms with E-state index in [2.05, 4.69) is 5.32 Å². The minimum absolute atomic E-state index is 0.0955. The Morgan fingerprint density at radius 2 is 1.73 bits per heavy atom. The predicted octanol–water partition coefficient (Wildman–Crippen LogP) is 4.87. The largest absolute Gasteiger partial charge is 0.493 e. The Morgan fingerprint density at radius 1 is 0.967 bits per heavy atom. The highest BCUT2D eigenvalue weighted by Crippen LogP contribution is 2.31. The number of benzene rings is 3. The molecule has 1 fully saturated rings. The van der Waals surface area contributed by atoms with Crippen LogP contribution in [0.1, 0.15) is 23.2 Å². The average molecular weight is 402 g/mol. The Balaban J connectivity index is 1.43. The Hall–Kier alpha value is -3.80. The molecule has 4 rings (SSSR count). The van der Waals surface area contributed by atoms with Gasteiger partial charge in [0.2, 0.25) is 5.91 Å². The van der Waals surface area contributed by atoms with Crippen LogP contribution in [0.5, 0.6) is 17.2 Å². The summed E-state index contributed by atoms with van der Waals surface area (Å²) in [5.41, 5.74) is 1.90. The quantitative estimate of drug-likeness (QED) is 0.639. The molecule has 1 heterocycles. The number of nitrogens with zero attached hydrogens (tertiary/aromatic N) is 1. The van der Waals surface area contributed by atoms with E-state index < -0.39 is 0 Å². The first kappa shape index (κ1) is 19.5. The van der Waals surface area contributed by atoms with Crippen LogP contribution >= 0.6 is 0 Å². The normalized spacial score (nSPS) is 13.2. The molecule has 1 N–H and O–H groups in total. The summed E-state index contributed by atoms with van der Waals surface area (Å²) in [7, 11) is 1.59. The summed E-state index contributed by atoms with van der Waals surface area (Å²) in [6, 6.07) is 21.6. The zero-order valence-electron chi connectivity index (χ0n) is 16.6. The lowest BCUT2D eigenvalue weighted by molar-refractivity contribution is -0.117. The van der Waals surface area contributed by atoms with Crippen LogP contribution in [0.25, 0.3) is 0 Å². The van der Waals surface area contributed by atoms with E-state index in [1.165, 1.54) is 0 Å². The lowest BCUT2D eigenvalue weighted by Crippen LogP contribution is -2.24. The number of methoxy groups -OCH3 is 1. The summed E-state index contributed by atoms with van der Waals surface area (Å²) in [6.07, 6.45) is 1.40. The molecule has 2 amide bonds. The molecule has 0 aliphatic carbocycles. The maximum atomic E-state index is 12.7. The van der Waals surface area contributed by atoms with Crippen LogP contribution in [0.15, 0.2) is 72.8 Å². The standard InChI is InChI=1S/C24H22N2O4/c1-29-21-8-2-3-9-22(21)30-20-13-11-18(12-14-20)25-24(28)17-6-4-7-19(16-17)26-15-5-10-23(26)27/h2-4,6-9,11-14,16H,5,10,15H2,1H3,(H,25,28). The Labute approximate surface area is 175 Å². The lowest BCUT2D eigenvalue weighted by atomic mass is 10.1. The van der Waals surface area contributed by atoms with Crippen molar-refractivity contribution < 1.29 is 19.1 Å². The van der Waals surface area contributed by atoms with Gasteiger partial charge in [-0.1, -0.05) is 18.2 Å². The van der Waals surface area contributed by atoms with Crippen molar-refractivity contribution in [2.45, 2.75) is 12.8 Å². The minimum Gasteiger partial charge on any atom is -0.493 e. The van der Waals surface area contributed by atoms with Crippen molar-refractivity contribution in [2.24, 2.45) is 0 Å². The highest BCUT2D eigenvalue weighted by molar-refractivity contribution is 6.05. The van der Waals surface area contributed by atoms with Crippen molar-refractivity contribution in [1.29, 1.82) is 0 Å². The van der Waals surface area contributed by atoms with Crippen molar-refractivity contribution >= 4 is 23.2 Å². The van der Waals surface area contributed by atoms with E-state index in [0.717, 1.165) is 12.1 Å². The molecular formula is C24H22N2O4. The van der Waals surface area contributed by atoms with E-state index in [1.807, 2.05) is 30.3 Å². The summed E-state index contributed by atoms with van der Waals surface area (Å²) in [4.78, 5) is 26.3. The fraction of sp³-hybridized carbons (Fsp3) is 0.167. The molecule has 0 bridgehead atoms. The van der Waals surface area contributed by atoms with Crippen molar-refractivity contribution in [1.82, 2.24) is 0 Å². The molecule has 0 saturated carbocycles. The Morgan fingerprint density at radius 3 is 2.43 bits per heavy atom. The number of para-hydroxylation sites is 2. The van der Waals surface area contributed by atoms with Gasteiger partial charge < -0.3 is 19.7 Å². The smallest absolute Gasteiger partial charge is 0.255 e. The van der Waals surface area contributed by atoms with Gasteiger partial charge in [0.05, 0.1) is 7.11 Å². The SMILES string of the molecule is COc1ccccc1Oc1ccc(NC(=O)c2cccc(N3CCCC3=O)c2)cc1. The van der Waals surface area contributed by atoms with E-state index in [1.54, 1.807) is 54.5 Å². The van der Waals surface area contributed by atoms with Crippen LogP contribution in [0.2, 0.25) is 0 Å². The molecule has 3 aromatic carbocycles. The number of hydrogen-bond acceptors (Lipinski definition) is 4. The third kappa shape index (κ3) is 4.27. The van der Waals surface area contributed by atoms with Crippen LogP contribution in [-0.2, 0) is 4.79 Å². The second-order valence-electron chi connectivity index (χ2n) is 6.93. The number of carbonyl (C=O) groups excluding carboxylic acids is 2. The van der Waals surface area contributed by atoms with Gasteiger partial charge >= 0.3 is 0 Å². The fourth-order valence-electron chi connectivity index (χ4n) is 3.38. The van der Waals surface area contributed by atoms with E-state index in [0.29, 0.717) is 41.5 Å². The van der Waals surface area contributed by atoms with E-state index >= 15 is 0 Å². The molecular weight excluding hydrogens is 380 g/mol. The monoisotopic (exact) mass is 402 g/mol. The first-order valence-corrected chi connectivity index (χ1v) is 9.77. The summed E-state index contributed by atoms with van der Waals surface area (Å²) in [5.74, 6) is 1.75. The number of rotatable bonds is 6. The lowest BCUT2D eigenvalue weighted by Gasteiger charge is -2.16. The minimum atomic E-state index is -0.234. The number of amides is 2. The zero-order chi connectivity index (χ0) is 20.9. The first-order valence-electron chi connectivity index (χ1n) is 9.77. The molecule has 1 saturated heterocycles. The Kier molecular flexibility index (Phi) is 5.66. The molecule has 0 aromatic heterocycles. The van der Waals surface area contributed by atoms with Gasteiger partial charge in [0, 0.05) is 29.9 Å². The predicted molar refractivity (Wildman–Crippen MR) is 115 cm³/mol. The highest BCUT2D eigenvalue weighted by Gasteiger charge is 2.22. The second kappa shape index (κ2) is 8.69. The first-order chi connectivity index (χ1) is 14.6. The number of anilines is 2. The summed E-state index contributed by atoms with van der Waals surface area (Å²) in [6.45, 7) is 0.692. The Bertz CT molecular complexity index is 1060. The fourth-order valence-corrected chi connectivity index (χ4v) is 3.38. The summed E-state index contributed by atoms with van der Waals surface area (Å²) in [5, 5.41) is 2.88. The van der Waals surface area contributed by atoms with Gasteiger partial charge in [-0.15, -0.1) is 0 Å².